The highest BCUT2D eigenvalue weighted by Gasteiger charge is 2.69. The van der Waals surface area contributed by atoms with Crippen molar-refractivity contribution in [3.8, 4) is 0 Å². The van der Waals surface area contributed by atoms with Gasteiger partial charge in [-0.15, -0.1) is 0 Å². The van der Waals surface area contributed by atoms with Crippen LogP contribution in [0.1, 0.15) is 25.7 Å². The van der Waals surface area contributed by atoms with E-state index in [1.54, 1.807) is 0 Å². The molecule has 1 aliphatic carbocycles. The smallest absolute Gasteiger partial charge is 0.369 e. The van der Waals surface area contributed by atoms with E-state index in [0.717, 1.165) is 19.4 Å². The number of alkyl halides is 3. The van der Waals surface area contributed by atoms with E-state index in [1.807, 2.05) is 0 Å². The highest BCUT2D eigenvalue weighted by molar-refractivity contribution is 5.83. The predicted octanol–water partition coefficient (Wildman–Crippen LogP) is 1.43. The van der Waals surface area contributed by atoms with Gasteiger partial charge in [0.25, 0.3) is 0 Å². The van der Waals surface area contributed by atoms with Crippen LogP contribution in [0.2, 0.25) is 0 Å². The fraction of sp³-hybridized carbons (Fsp3) is 0.909. The first kappa shape index (κ1) is 12.7. The molecule has 2 aliphatic rings. The summed E-state index contributed by atoms with van der Waals surface area (Å²) in [4.78, 5) is 11.3. The molecule has 0 radical (unpaired) electrons. The zero-order valence-corrected chi connectivity index (χ0v) is 9.52. The van der Waals surface area contributed by atoms with Crippen LogP contribution in [0.5, 0.6) is 0 Å². The third-order valence-electron chi connectivity index (χ3n) is 4.33. The minimum Gasteiger partial charge on any atom is -0.369 e. The monoisotopic (exact) mass is 250 g/mol. The van der Waals surface area contributed by atoms with Gasteiger partial charge < -0.3 is 11.1 Å². The van der Waals surface area contributed by atoms with Crippen molar-refractivity contribution in [2.45, 2.75) is 31.9 Å². The summed E-state index contributed by atoms with van der Waals surface area (Å²) < 4.78 is 39.3. The minimum atomic E-state index is -4.51. The van der Waals surface area contributed by atoms with Crippen LogP contribution in [0.15, 0.2) is 0 Å². The molecule has 17 heavy (non-hydrogen) atoms. The number of piperidine rings is 1. The van der Waals surface area contributed by atoms with E-state index in [2.05, 4.69) is 5.32 Å². The molecule has 1 aliphatic heterocycles. The minimum absolute atomic E-state index is 0.0772. The number of nitrogens with two attached hydrogens (primary N) is 1. The van der Waals surface area contributed by atoms with E-state index < -0.39 is 23.4 Å². The Labute approximate surface area is 97.9 Å². The third kappa shape index (κ3) is 1.82. The molecule has 0 bridgehead atoms. The zero-order chi connectivity index (χ0) is 12.7. The van der Waals surface area contributed by atoms with Gasteiger partial charge in [-0.3, -0.25) is 4.79 Å². The van der Waals surface area contributed by atoms with Gasteiger partial charge in [-0.25, -0.2) is 0 Å². The van der Waals surface area contributed by atoms with Crippen LogP contribution in [0, 0.1) is 17.3 Å². The van der Waals surface area contributed by atoms with Crippen LogP contribution >= 0.6 is 0 Å². The largest absolute Gasteiger partial charge is 0.403 e. The first-order chi connectivity index (χ1) is 7.89. The molecule has 3 atom stereocenters. The second-order valence-electron chi connectivity index (χ2n) is 5.08. The first-order valence-corrected chi connectivity index (χ1v) is 5.97. The first-order valence-electron chi connectivity index (χ1n) is 5.97. The van der Waals surface area contributed by atoms with Crippen molar-refractivity contribution in [1.82, 2.24) is 5.32 Å². The molecule has 0 aromatic carbocycles. The van der Waals surface area contributed by atoms with Crippen LogP contribution in [-0.2, 0) is 4.79 Å². The molecular weight excluding hydrogens is 233 g/mol. The normalized spacial score (nSPS) is 38.5. The van der Waals surface area contributed by atoms with Crippen molar-refractivity contribution < 1.29 is 18.0 Å². The molecule has 0 aromatic rings. The number of hydrogen-bond acceptors (Lipinski definition) is 2. The average molecular weight is 250 g/mol. The maximum Gasteiger partial charge on any atom is 0.403 e. The Balaban J connectivity index is 2.20. The molecule has 0 spiro atoms. The summed E-state index contributed by atoms with van der Waals surface area (Å²) in [5.41, 5.74) is 2.77. The number of halogens is 3. The Bertz CT molecular complexity index is 312. The van der Waals surface area contributed by atoms with Crippen LogP contribution in [0.25, 0.3) is 0 Å². The van der Waals surface area contributed by atoms with Gasteiger partial charge in [0.05, 0.1) is 0 Å². The zero-order valence-electron chi connectivity index (χ0n) is 9.52. The van der Waals surface area contributed by atoms with E-state index in [9.17, 15) is 18.0 Å². The van der Waals surface area contributed by atoms with E-state index in [1.165, 1.54) is 0 Å². The summed E-state index contributed by atoms with van der Waals surface area (Å²) in [5, 5.41) is 3.09. The summed E-state index contributed by atoms with van der Waals surface area (Å²) in [6.07, 6.45) is -2.59. The molecule has 1 saturated heterocycles. The Kier molecular flexibility index (Phi) is 3.10. The standard InChI is InChI=1S/C11H17F3N2O/c12-11(13,14)10(9(15)17)4-3-8(10)7-2-1-5-16-6-7/h7-8,16H,1-6H2,(H2,15,17)/t7-,8?,10?/m1/s1. The van der Waals surface area contributed by atoms with Gasteiger partial charge in [0.2, 0.25) is 5.91 Å². The summed E-state index contributed by atoms with van der Waals surface area (Å²) in [5.74, 6) is -1.91. The molecule has 3 N–H and O–H groups in total. The van der Waals surface area contributed by atoms with E-state index in [0.29, 0.717) is 13.0 Å². The van der Waals surface area contributed by atoms with Crippen molar-refractivity contribution in [3.05, 3.63) is 0 Å². The average Bonchev–Trinajstić information content (AvgIpc) is 2.14. The second-order valence-corrected chi connectivity index (χ2v) is 5.08. The van der Waals surface area contributed by atoms with Gasteiger partial charge >= 0.3 is 6.18 Å². The van der Waals surface area contributed by atoms with Gasteiger partial charge in [0.15, 0.2) is 0 Å². The Hall–Kier alpha value is -0.780. The maximum atomic E-state index is 13.1. The van der Waals surface area contributed by atoms with E-state index in [4.69, 9.17) is 5.73 Å². The summed E-state index contributed by atoms with van der Waals surface area (Å²) in [7, 11) is 0. The molecular formula is C11H17F3N2O. The predicted molar refractivity (Wildman–Crippen MR) is 56.0 cm³/mol. The molecule has 2 rings (SSSR count). The number of carbonyl (C=O) groups is 1. The lowest BCUT2D eigenvalue weighted by Crippen LogP contribution is -2.62. The lowest BCUT2D eigenvalue weighted by Gasteiger charge is -2.52. The van der Waals surface area contributed by atoms with Gasteiger partial charge in [0, 0.05) is 0 Å². The molecule has 0 aromatic heterocycles. The molecule has 3 nitrogen and oxygen atoms in total. The lowest BCUT2D eigenvalue weighted by atomic mass is 9.53. The summed E-state index contributed by atoms with van der Waals surface area (Å²) in [6.45, 7) is 1.41. The molecule has 1 amide bonds. The van der Waals surface area contributed by atoms with Gasteiger partial charge in [-0.1, -0.05) is 0 Å². The fourth-order valence-electron chi connectivity index (χ4n) is 3.26. The van der Waals surface area contributed by atoms with E-state index >= 15 is 0 Å². The van der Waals surface area contributed by atoms with Gasteiger partial charge in [0.1, 0.15) is 5.41 Å². The molecule has 2 fully saturated rings. The van der Waals surface area contributed by atoms with Gasteiger partial charge in [-0.05, 0) is 50.6 Å². The molecule has 2 unspecified atom stereocenters. The highest BCUT2D eigenvalue weighted by Crippen LogP contribution is 2.60. The topological polar surface area (TPSA) is 55.1 Å². The number of nitrogens with one attached hydrogen (secondary N) is 1. The van der Waals surface area contributed by atoms with Crippen LogP contribution in [0.3, 0.4) is 0 Å². The fourth-order valence-corrected chi connectivity index (χ4v) is 3.26. The summed E-state index contributed by atoms with van der Waals surface area (Å²) >= 11 is 0. The maximum absolute atomic E-state index is 13.1. The number of amides is 1. The SMILES string of the molecule is NC(=O)C1(C(F)(F)F)CCC1[C@@H]1CCCNC1. The number of carbonyl (C=O) groups excluding carboxylic acids is 1. The van der Waals surface area contributed by atoms with Crippen molar-refractivity contribution >= 4 is 5.91 Å². The van der Waals surface area contributed by atoms with Crippen molar-refractivity contribution in [3.63, 3.8) is 0 Å². The number of primary amides is 1. The Morgan fingerprint density at radius 2 is 2.06 bits per heavy atom. The molecule has 98 valence electrons. The highest BCUT2D eigenvalue weighted by atomic mass is 19.4. The Morgan fingerprint density at radius 3 is 2.41 bits per heavy atom. The third-order valence-corrected chi connectivity index (χ3v) is 4.33. The lowest BCUT2D eigenvalue weighted by molar-refractivity contribution is -0.269. The summed E-state index contributed by atoms with van der Waals surface area (Å²) in [6, 6.07) is 0. The van der Waals surface area contributed by atoms with Crippen molar-refractivity contribution in [1.29, 1.82) is 0 Å². The number of rotatable bonds is 2. The second kappa shape index (κ2) is 4.15. The van der Waals surface area contributed by atoms with Crippen molar-refractivity contribution in [2.75, 3.05) is 13.1 Å². The van der Waals surface area contributed by atoms with Crippen LogP contribution in [-0.4, -0.2) is 25.2 Å². The van der Waals surface area contributed by atoms with Gasteiger partial charge in [-0.2, -0.15) is 13.2 Å². The van der Waals surface area contributed by atoms with E-state index in [-0.39, 0.29) is 12.3 Å². The quantitative estimate of drug-likeness (QED) is 0.779. The molecule has 1 saturated carbocycles. The van der Waals surface area contributed by atoms with Crippen LogP contribution in [0.4, 0.5) is 13.2 Å². The molecule has 1 heterocycles. The molecule has 6 heteroatoms. The van der Waals surface area contributed by atoms with Crippen LogP contribution < -0.4 is 11.1 Å². The Morgan fingerprint density at radius 1 is 1.35 bits per heavy atom. The van der Waals surface area contributed by atoms with Crippen molar-refractivity contribution in [2.24, 2.45) is 23.0 Å². The number of hydrogen-bond donors (Lipinski definition) is 2.